The smallest absolute Gasteiger partial charge is 0.251 e. The van der Waals surface area contributed by atoms with Crippen molar-refractivity contribution in [3.63, 3.8) is 0 Å². The maximum absolute atomic E-state index is 11.9. The fourth-order valence-corrected chi connectivity index (χ4v) is 5.27. The Balaban J connectivity index is 1.56. The Labute approximate surface area is 233 Å². The first kappa shape index (κ1) is 28.2. The van der Waals surface area contributed by atoms with Crippen LogP contribution in [-0.4, -0.2) is 67.5 Å². The van der Waals surface area contributed by atoms with Crippen molar-refractivity contribution in [1.82, 2.24) is 10.2 Å². The van der Waals surface area contributed by atoms with E-state index < -0.39 is 5.60 Å². The predicted molar refractivity (Wildman–Crippen MR) is 151 cm³/mol. The minimum Gasteiger partial charge on any atom is -0.491 e. The Kier molecular flexibility index (Phi) is 9.18. The summed E-state index contributed by atoms with van der Waals surface area (Å²) >= 11 is 12.9. The largest absolute Gasteiger partial charge is 0.491 e. The number of aliphatic hydroxyl groups excluding tert-OH is 1. The van der Waals surface area contributed by atoms with E-state index in [2.05, 4.69) is 15.1 Å². The molecule has 1 fully saturated rings. The first-order chi connectivity index (χ1) is 18.2. The molecule has 0 bridgehead atoms. The number of rotatable bonds is 9. The Morgan fingerprint density at radius 3 is 2.42 bits per heavy atom. The highest BCUT2D eigenvalue weighted by Gasteiger charge is 2.34. The van der Waals surface area contributed by atoms with E-state index in [1.54, 1.807) is 44.3 Å². The molecule has 1 heterocycles. The standard InChI is InChI=1S/C29H33Cl2N3O4/c1-29(37,22-7-3-21(4-8-22)28(36)32-2)19-33-13-14-34(27(18-33)20-5-9-23(30)10-6-20)26-12-11-24(17-25(26)31)38-16-15-35/h3-12,17,27,35,37H,13-16,18-19H2,1-2H3,(H,32,36)/t27-,29+/m0/s1. The van der Waals surface area contributed by atoms with Crippen LogP contribution >= 0.6 is 23.2 Å². The monoisotopic (exact) mass is 557 g/mol. The zero-order valence-corrected chi connectivity index (χ0v) is 23.0. The number of carbonyl (C=O) groups excluding carboxylic acids is 1. The van der Waals surface area contributed by atoms with Crippen molar-refractivity contribution in [3.05, 3.63) is 93.5 Å². The van der Waals surface area contributed by atoms with Crippen LogP contribution in [0.1, 0.15) is 34.5 Å². The fourth-order valence-electron chi connectivity index (χ4n) is 4.87. The summed E-state index contributed by atoms with van der Waals surface area (Å²) in [5.41, 5.74) is 2.16. The third-order valence-corrected chi connectivity index (χ3v) is 7.39. The average Bonchev–Trinajstić information content (AvgIpc) is 2.92. The molecule has 3 N–H and O–H groups in total. The summed E-state index contributed by atoms with van der Waals surface area (Å²) in [5.74, 6) is 0.442. The maximum Gasteiger partial charge on any atom is 0.251 e. The highest BCUT2D eigenvalue weighted by molar-refractivity contribution is 6.33. The molecular formula is C29H33Cl2N3O4. The third-order valence-electron chi connectivity index (χ3n) is 6.84. The van der Waals surface area contributed by atoms with Crippen LogP contribution in [0.2, 0.25) is 10.0 Å². The topological polar surface area (TPSA) is 85.3 Å². The number of hydrogen-bond donors (Lipinski definition) is 3. The molecule has 1 aliphatic rings. The Hall–Kier alpha value is -2.81. The zero-order valence-electron chi connectivity index (χ0n) is 21.5. The van der Waals surface area contributed by atoms with Crippen LogP contribution in [-0.2, 0) is 5.60 Å². The van der Waals surface area contributed by atoms with Gasteiger partial charge in [0.1, 0.15) is 12.4 Å². The van der Waals surface area contributed by atoms with Crippen LogP contribution in [0.4, 0.5) is 5.69 Å². The molecule has 38 heavy (non-hydrogen) atoms. The van der Waals surface area contributed by atoms with E-state index in [1.807, 2.05) is 36.4 Å². The Bertz CT molecular complexity index is 1240. The normalized spacial score (nSPS) is 17.6. The van der Waals surface area contributed by atoms with Gasteiger partial charge in [0.05, 0.1) is 29.0 Å². The molecule has 0 unspecified atom stereocenters. The number of carbonyl (C=O) groups is 1. The van der Waals surface area contributed by atoms with Crippen molar-refractivity contribution in [2.45, 2.75) is 18.6 Å². The molecule has 1 aliphatic heterocycles. The molecule has 1 amide bonds. The number of benzene rings is 3. The van der Waals surface area contributed by atoms with Gasteiger partial charge in [-0.1, -0.05) is 47.5 Å². The van der Waals surface area contributed by atoms with E-state index >= 15 is 0 Å². The molecule has 0 spiro atoms. The van der Waals surface area contributed by atoms with Crippen molar-refractivity contribution in [1.29, 1.82) is 0 Å². The summed E-state index contributed by atoms with van der Waals surface area (Å²) in [6.45, 7) is 4.43. The summed E-state index contributed by atoms with van der Waals surface area (Å²) in [6, 6.07) is 20.4. The Morgan fingerprint density at radius 2 is 1.79 bits per heavy atom. The first-order valence-electron chi connectivity index (χ1n) is 12.5. The van der Waals surface area contributed by atoms with Gasteiger partial charge in [-0.3, -0.25) is 9.69 Å². The van der Waals surface area contributed by atoms with E-state index in [0.717, 1.165) is 23.4 Å². The molecule has 7 nitrogen and oxygen atoms in total. The summed E-state index contributed by atoms with van der Waals surface area (Å²) < 4.78 is 5.52. The number of piperazine rings is 1. The quantitative estimate of drug-likeness (QED) is 0.359. The number of halogens is 2. The molecule has 3 aromatic carbocycles. The van der Waals surface area contributed by atoms with Gasteiger partial charge in [0, 0.05) is 49.9 Å². The van der Waals surface area contributed by atoms with Gasteiger partial charge in [-0.15, -0.1) is 0 Å². The van der Waals surface area contributed by atoms with E-state index in [1.165, 1.54) is 0 Å². The molecule has 202 valence electrons. The number of ether oxygens (including phenoxy) is 1. The molecule has 4 rings (SSSR count). The van der Waals surface area contributed by atoms with E-state index in [0.29, 0.717) is 41.0 Å². The summed E-state index contributed by atoms with van der Waals surface area (Å²) in [6.07, 6.45) is 0. The lowest BCUT2D eigenvalue weighted by atomic mass is 9.93. The number of anilines is 1. The SMILES string of the molecule is CNC(=O)c1ccc([C@](C)(O)CN2CCN(c3ccc(OCCO)cc3Cl)[C@H](c3ccc(Cl)cc3)C2)cc1. The number of aliphatic hydroxyl groups is 2. The van der Waals surface area contributed by atoms with Gasteiger partial charge in [0.2, 0.25) is 0 Å². The minimum atomic E-state index is -1.11. The molecule has 0 aromatic heterocycles. The van der Waals surface area contributed by atoms with Crippen molar-refractivity contribution in [3.8, 4) is 5.75 Å². The van der Waals surface area contributed by atoms with E-state index in [9.17, 15) is 9.90 Å². The van der Waals surface area contributed by atoms with Gasteiger partial charge in [0.25, 0.3) is 5.91 Å². The molecule has 9 heteroatoms. The van der Waals surface area contributed by atoms with Crippen LogP contribution < -0.4 is 15.0 Å². The minimum absolute atomic E-state index is 0.0332. The zero-order chi connectivity index (χ0) is 27.3. The molecule has 0 saturated carbocycles. The molecule has 0 radical (unpaired) electrons. The van der Waals surface area contributed by atoms with Gasteiger partial charge < -0.3 is 25.2 Å². The lowest BCUT2D eigenvalue weighted by Gasteiger charge is -2.45. The number of amides is 1. The predicted octanol–water partition coefficient (Wildman–Crippen LogP) is 4.50. The summed E-state index contributed by atoms with van der Waals surface area (Å²) in [5, 5.41) is 24.3. The lowest BCUT2D eigenvalue weighted by molar-refractivity contribution is 0.0103. The van der Waals surface area contributed by atoms with Crippen LogP contribution in [0.5, 0.6) is 5.75 Å². The third kappa shape index (κ3) is 6.60. The fraction of sp³-hybridized carbons (Fsp3) is 0.345. The van der Waals surface area contributed by atoms with Crippen molar-refractivity contribution < 1.29 is 19.7 Å². The summed E-state index contributed by atoms with van der Waals surface area (Å²) in [7, 11) is 1.59. The number of nitrogens with zero attached hydrogens (tertiary/aromatic N) is 2. The van der Waals surface area contributed by atoms with Gasteiger partial charge >= 0.3 is 0 Å². The lowest BCUT2D eigenvalue weighted by Crippen LogP contribution is -2.52. The van der Waals surface area contributed by atoms with E-state index in [-0.39, 0.29) is 25.2 Å². The van der Waals surface area contributed by atoms with Gasteiger partial charge in [-0.25, -0.2) is 0 Å². The second-order valence-electron chi connectivity index (χ2n) is 9.61. The first-order valence-corrected chi connectivity index (χ1v) is 13.3. The highest BCUT2D eigenvalue weighted by atomic mass is 35.5. The van der Waals surface area contributed by atoms with Crippen LogP contribution in [0, 0.1) is 0 Å². The summed E-state index contributed by atoms with van der Waals surface area (Å²) in [4.78, 5) is 16.4. The molecule has 3 aromatic rings. The van der Waals surface area contributed by atoms with Crippen LogP contribution in [0.15, 0.2) is 66.7 Å². The Morgan fingerprint density at radius 1 is 1.08 bits per heavy atom. The molecule has 2 atom stereocenters. The number of hydrogen-bond acceptors (Lipinski definition) is 6. The molecule has 0 aliphatic carbocycles. The van der Waals surface area contributed by atoms with Crippen molar-refractivity contribution in [2.24, 2.45) is 0 Å². The highest BCUT2D eigenvalue weighted by Crippen LogP contribution is 2.38. The molecule has 1 saturated heterocycles. The van der Waals surface area contributed by atoms with Gasteiger partial charge in [0.15, 0.2) is 0 Å². The van der Waals surface area contributed by atoms with Crippen LogP contribution in [0.25, 0.3) is 0 Å². The molecular weight excluding hydrogens is 525 g/mol. The number of nitrogens with one attached hydrogen (secondary N) is 1. The maximum atomic E-state index is 11.9. The van der Waals surface area contributed by atoms with E-state index in [4.69, 9.17) is 33.0 Å². The van der Waals surface area contributed by atoms with Gasteiger partial charge in [-0.2, -0.15) is 0 Å². The van der Waals surface area contributed by atoms with Crippen LogP contribution in [0.3, 0.4) is 0 Å². The second-order valence-corrected chi connectivity index (χ2v) is 10.5. The van der Waals surface area contributed by atoms with Crippen molar-refractivity contribution in [2.75, 3.05) is 51.3 Å². The number of β-amino-alcohol motifs (C(OH)–C–C–N with tert-alkyl or cyclic N) is 1. The van der Waals surface area contributed by atoms with Gasteiger partial charge in [-0.05, 0) is 54.4 Å². The second kappa shape index (κ2) is 12.4. The van der Waals surface area contributed by atoms with Crippen molar-refractivity contribution >= 4 is 34.8 Å². The average molecular weight is 559 g/mol.